The monoisotopic (exact) mass is 278 g/mol. The summed E-state index contributed by atoms with van der Waals surface area (Å²) in [7, 11) is 0. The quantitative estimate of drug-likeness (QED) is 0.721. The van der Waals surface area contributed by atoms with Gasteiger partial charge in [-0.15, -0.1) is 0 Å². The smallest absolute Gasteiger partial charge is 0.152 e. The third kappa shape index (κ3) is 1.88. The largest absolute Gasteiger partial charge is 0.321 e. The molecule has 1 fully saturated rings. The summed E-state index contributed by atoms with van der Waals surface area (Å²) in [5, 5.41) is 9.00. The number of halogens is 1. The van der Waals surface area contributed by atoms with Crippen molar-refractivity contribution in [1.29, 1.82) is 5.26 Å². The van der Waals surface area contributed by atoms with Gasteiger partial charge < -0.3 is 4.57 Å². The molecule has 21 heavy (non-hydrogen) atoms. The van der Waals surface area contributed by atoms with Crippen molar-refractivity contribution < 1.29 is 4.39 Å². The molecule has 0 spiro atoms. The number of rotatable bonds is 2. The normalized spacial score (nSPS) is 14.3. The Bertz CT molecular complexity index is 887. The number of imidazole rings is 1. The van der Waals surface area contributed by atoms with Gasteiger partial charge in [0.1, 0.15) is 5.82 Å². The standard InChI is InChI=1S/C16H11FN4/c17-13-9-19-6-5-12(13)16-20-14-7-10(8-18)1-4-15(14)21(16)11-2-3-11/h1,4-7,9,11H,2-3H2. The van der Waals surface area contributed by atoms with Crippen molar-refractivity contribution in [2.24, 2.45) is 0 Å². The first-order valence-corrected chi connectivity index (χ1v) is 6.80. The van der Waals surface area contributed by atoms with Gasteiger partial charge in [-0.1, -0.05) is 0 Å². The predicted octanol–water partition coefficient (Wildman–Crippen LogP) is 3.44. The minimum Gasteiger partial charge on any atom is -0.321 e. The Hall–Kier alpha value is -2.74. The van der Waals surface area contributed by atoms with Gasteiger partial charge in [-0.2, -0.15) is 5.26 Å². The zero-order chi connectivity index (χ0) is 14.4. The van der Waals surface area contributed by atoms with Crippen LogP contribution in [0.5, 0.6) is 0 Å². The van der Waals surface area contributed by atoms with Crippen molar-refractivity contribution in [2.75, 3.05) is 0 Å². The van der Waals surface area contributed by atoms with E-state index in [9.17, 15) is 4.39 Å². The number of hydrogen-bond donors (Lipinski definition) is 0. The van der Waals surface area contributed by atoms with E-state index in [0.29, 0.717) is 23.0 Å². The third-order valence-electron chi connectivity index (χ3n) is 3.74. The van der Waals surface area contributed by atoms with Crippen LogP contribution in [0.15, 0.2) is 36.7 Å². The van der Waals surface area contributed by atoms with E-state index in [1.54, 1.807) is 24.4 Å². The highest BCUT2D eigenvalue weighted by atomic mass is 19.1. The minimum atomic E-state index is -0.379. The van der Waals surface area contributed by atoms with Gasteiger partial charge in [-0.05, 0) is 37.1 Å². The number of fused-ring (bicyclic) bond motifs is 1. The molecule has 2 aromatic heterocycles. The first kappa shape index (κ1) is 12.0. The van der Waals surface area contributed by atoms with Gasteiger partial charge >= 0.3 is 0 Å². The maximum absolute atomic E-state index is 14.0. The highest BCUT2D eigenvalue weighted by Gasteiger charge is 2.29. The Labute approximate surface area is 120 Å². The molecule has 0 unspecified atom stereocenters. The van der Waals surface area contributed by atoms with Gasteiger partial charge in [-0.3, -0.25) is 4.98 Å². The first-order chi connectivity index (χ1) is 10.3. The Kier molecular flexibility index (Phi) is 2.51. The maximum atomic E-state index is 14.0. The Balaban J connectivity index is 2.02. The molecule has 1 aliphatic rings. The van der Waals surface area contributed by atoms with Crippen LogP contribution in [-0.2, 0) is 0 Å². The Morgan fingerprint density at radius 1 is 1.29 bits per heavy atom. The van der Waals surface area contributed by atoms with Crippen LogP contribution in [0.3, 0.4) is 0 Å². The number of nitriles is 1. The lowest BCUT2D eigenvalue weighted by Crippen LogP contribution is -1.99. The molecule has 4 rings (SSSR count). The lowest BCUT2D eigenvalue weighted by Gasteiger charge is -2.08. The summed E-state index contributed by atoms with van der Waals surface area (Å²) in [6.45, 7) is 0. The summed E-state index contributed by atoms with van der Waals surface area (Å²) in [6.07, 6.45) is 4.92. The van der Waals surface area contributed by atoms with E-state index in [-0.39, 0.29) is 5.82 Å². The van der Waals surface area contributed by atoms with E-state index in [2.05, 4.69) is 20.6 Å². The van der Waals surface area contributed by atoms with Crippen LogP contribution in [0.25, 0.3) is 22.4 Å². The molecule has 2 heterocycles. The van der Waals surface area contributed by atoms with Crippen LogP contribution in [-0.4, -0.2) is 14.5 Å². The summed E-state index contributed by atoms with van der Waals surface area (Å²) in [5.74, 6) is 0.234. The van der Waals surface area contributed by atoms with E-state index in [4.69, 9.17) is 5.26 Å². The molecule has 1 saturated carbocycles. The first-order valence-electron chi connectivity index (χ1n) is 6.80. The fourth-order valence-corrected chi connectivity index (χ4v) is 2.62. The molecule has 4 nitrogen and oxygen atoms in total. The predicted molar refractivity (Wildman–Crippen MR) is 75.9 cm³/mol. The molecule has 0 aliphatic heterocycles. The molecule has 0 radical (unpaired) electrons. The van der Waals surface area contributed by atoms with Crippen molar-refractivity contribution in [3.8, 4) is 17.5 Å². The van der Waals surface area contributed by atoms with E-state index >= 15 is 0 Å². The number of benzene rings is 1. The van der Waals surface area contributed by atoms with Crippen molar-refractivity contribution in [3.63, 3.8) is 0 Å². The fourth-order valence-electron chi connectivity index (χ4n) is 2.62. The fraction of sp³-hybridized carbons (Fsp3) is 0.188. The SMILES string of the molecule is N#Cc1ccc2c(c1)nc(-c1ccncc1F)n2C1CC1. The van der Waals surface area contributed by atoms with Crippen molar-refractivity contribution in [1.82, 2.24) is 14.5 Å². The van der Waals surface area contributed by atoms with E-state index in [1.165, 1.54) is 6.20 Å². The second-order valence-electron chi connectivity index (χ2n) is 5.21. The maximum Gasteiger partial charge on any atom is 0.152 e. The zero-order valence-corrected chi connectivity index (χ0v) is 11.1. The van der Waals surface area contributed by atoms with Gasteiger partial charge in [-0.25, -0.2) is 9.37 Å². The molecule has 0 saturated heterocycles. The summed E-state index contributed by atoms with van der Waals surface area (Å²) in [5.41, 5.74) is 2.69. The number of pyridine rings is 1. The minimum absolute atomic E-state index is 0.366. The zero-order valence-electron chi connectivity index (χ0n) is 11.1. The molecule has 0 amide bonds. The number of aromatic nitrogens is 3. The van der Waals surface area contributed by atoms with Crippen LogP contribution < -0.4 is 0 Å². The summed E-state index contributed by atoms with van der Waals surface area (Å²) in [6, 6.07) is 9.53. The average Bonchev–Trinajstić information content (AvgIpc) is 3.27. The van der Waals surface area contributed by atoms with Gasteiger partial charge in [0, 0.05) is 12.2 Å². The average molecular weight is 278 g/mol. The molecule has 0 N–H and O–H groups in total. The highest BCUT2D eigenvalue weighted by Crippen LogP contribution is 2.41. The topological polar surface area (TPSA) is 54.5 Å². The van der Waals surface area contributed by atoms with E-state index < -0.39 is 0 Å². The van der Waals surface area contributed by atoms with E-state index in [0.717, 1.165) is 23.9 Å². The molecule has 3 aromatic rings. The highest BCUT2D eigenvalue weighted by molar-refractivity contribution is 5.82. The second-order valence-corrected chi connectivity index (χ2v) is 5.21. The van der Waals surface area contributed by atoms with Crippen LogP contribution in [0, 0.1) is 17.1 Å². The van der Waals surface area contributed by atoms with Gasteiger partial charge in [0.15, 0.2) is 5.82 Å². The molecule has 0 atom stereocenters. The van der Waals surface area contributed by atoms with Crippen LogP contribution in [0.1, 0.15) is 24.4 Å². The van der Waals surface area contributed by atoms with Crippen LogP contribution >= 0.6 is 0 Å². The third-order valence-corrected chi connectivity index (χ3v) is 3.74. The molecule has 102 valence electrons. The Morgan fingerprint density at radius 2 is 2.14 bits per heavy atom. The lowest BCUT2D eigenvalue weighted by molar-refractivity contribution is 0.621. The van der Waals surface area contributed by atoms with Gasteiger partial charge in [0.05, 0.1) is 34.4 Å². The van der Waals surface area contributed by atoms with Crippen LogP contribution in [0.2, 0.25) is 0 Å². The van der Waals surface area contributed by atoms with Gasteiger partial charge in [0.2, 0.25) is 0 Å². The summed E-state index contributed by atoms with van der Waals surface area (Å²) >= 11 is 0. The van der Waals surface area contributed by atoms with Crippen molar-refractivity contribution in [3.05, 3.63) is 48.0 Å². The number of hydrogen-bond acceptors (Lipinski definition) is 3. The summed E-state index contributed by atoms with van der Waals surface area (Å²) in [4.78, 5) is 8.34. The molecular formula is C16H11FN4. The molecule has 1 aromatic carbocycles. The van der Waals surface area contributed by atoms with Crippen LogP contribution in [0.4, 0.5) is 4.39 Å². The van der Waals surface area contributed by atoms with Crippen molar-refractivity contribution >= 4 is 11.0 Å². The molecule has 1 aliphatic carbocycles. The van der Waals surface area contributed by atoms with Gasteiger partial charge in [0.25, 0.3) is 0 Å². The summed E-state index contributed by atoms with van der Waals surface area (Å²) < 4.78 is 16.1. The Morgan fingerprint density at radius 3 is 2.86 bits per heavy atom. The molecular weight excluding hydrogens is 267 g/mol. The second kappa shape index (κ2) is 4.38. The molecule has 0 bridgehead atoms. The number of nitrogens with zero attached hydrogens (tertiary/aromatic N) is 4. The van der Waals surface area contributed by atoms with E-state index in [1.807, 2.05) is 6.07 Å². The van der Waals surface area contributed by atoms with Crippen molar-refractivity contribution in [2.45, 2.75) is 18.9 Å². The lowest BCUT2D eigenvalue weighted by atomic mass is 10.2. The molecule has 5 heteroatoms.